The molecule has 0 saturated heterocycles. The van der Waals surface area contributed by atoms with Gasteiger partial charge >= 0.3 is 0 Å². The van der Waals surface area contributed by atoms with Crippen LogP contribution in [-0.2, 0) is 0 Å². The molecule has 0 N–H and O–H groups in total. The number of aryl methyl sites for hydroxylation is 4. The van der Waals surface area contributed by atoms with Crippen molar-refractivity contribution in [2.45, 2.75) is 186 Å². The number of benzene rings is 11. The van der Waals surface area contributed by atoms with Crippen LogP contribution in [-0.4, -0.2) is 56.4 Å². The largest absolute Gasteiger partial charge is 0.496 e. The lowest BCUT2D eigenvalue weighted by Crippen LogP contribution is -2.17. The predicted molar refractivity (Wildman–Crippen MR) is 488 cm³/mol. The molecule has 0 bridgehead atoms. The summed E-state index contributed by atoms with van der Waals surface area (Å²) in [5.41, 5.74) is 28.8. The molecular formula is C105H134N4O2. The molecule has 0 amide bonds. The normalized spacial score (nSPS) is 10.9. The molecule has 0 heterocycles. The average molecular weight is 1490 g/mol. The molecular weight excluding hydrogens is 1350 g/mol. The smallest absolute Gasteiger partial charge is 0.122 e. The van der Waals surface area contributed by atoms with Gasteiger partial charge in [-0.2, -0.15) is 5.26 Å². The lowest BCUT2D eigenvalue weighted by Gasteiger charge is -2.26. The number of hydrogen-bond acceptors (Lipinski definition) is 6. The van der Waals surface area contributed by atoms with Crippen molar-refractivity contribution >= 4 is 17.1 Å². The Morgan fingerprint density at radius 2 is 0.622 bits per heavy atom. The van der Waals surface area contributed by atoms with Gasteiger partial charge in [0.2, 0.25) is 0 Å². The third kappa shape index (κ3) is 29.7. The van der Waals surface area contributed by atoms with Crippen LogP contribution in [0.25, 0.3) is 33.4 Å². The molecule has 0 aliphatic rings. The van der Waals surface area contributed by atoms with Crippen molar-refractivity contribution in [2.75, 3.05) is 71.1 Å². The molecule has 0 saturated carbocycles. The molecule has 0 aliphatic carbocycles. The van der Waals surface area contributed by atoms with Gasteiger partial charge in [-0.15, -0.1) is 6.42 Å². The van der Waals surface area contributed by atoms with E-state index in [9.17, 15) is 0 Å². The standard InChI is InChI=1S/2C17H20.C15H16.C13H22N2.C12H11N.C11H17N.2C10H14O/c2*1-12(2)17-13(3)10-16(11-14(17)4)15-8-6-5-7-9-15;1-12(2)13-8-10-15(11-9-13)14-6-4-3-5-7-14;1-10(2)13-11(14(3)4)8-7-9-12(13)15(5)6;1-4-10-5-11(8-13)7-12(6-10)9(2)3;1-9(2)10-7-5-6-8-11(10)12(3)4;2*1-8(2)9-6-4-5-7-10(9)11-3/h2*5-12H,1-4H3;3-12H,1-2H3;7-10H,1-6H3;1,5-7,9H,2-3H3;5-9H,1-4H3;2*4-8H,1-3H3/i;;;;;3D3;;. The van der Waals surface area contributed by atoms with E-state index in [0.717, 1.165) is 33.9 Å². The number of terminal acetylenes is 1. The number of anilines is 3. The molecule has 586 valence electrons. The summed E-state index contributed by atoms with van der Waals surface area (Å²) < 4.78 is 32.5. The summed E-state index contributed by atoms with van der Waals surface area (Å²) in [4.78, 5) is 5.72. The van der Waals surface area contributed by atoms with E-state index in [1.807, 2.05) is 78.9 Å². The van der Waals surface area contributed by atoms with Gasteiger partial charge in [-0.05, 0) is 218 Å². The van der Waals surface area contributed by atoms with Gasteiger partial charge in [0.05, 0.1) is 25.9 Å². The first kappa shape index (κ1) is 87.7. The number of ether oxygens (including phenoxy) is 2. The Hall–Kier alpha value is -10.5. The molecule has 11 aromatic carbocycles. The molecule has 6 nitrogen and oxygen atoms in total. The fraction of sp³-hybridized carbons (Fsp3) is 0.343. The maximum atomic E-state index is 8.75. The van der Waals surface area contributed by atoms with Crippen LogP contribution in [0.1, 0.15) is 240 Å². The summed E-state index contributed by atoms with van der Waals surface area (Å²) in [6.07, 6.45) is 5.28. The molecule has 6 heteroatoms. The number of nitriles is 1. The highest BCUT2D eigenvalue weighted by atomic mass is 16.5. The number of para-hydroxylation sites is 3. The quantitative estimate of drug-likeness (QED) is 0.0899. The maximum Gasteiger partial charge on any atom is 0.122 e. The van der Waals surface area contributed by atoms with Crippen LogP contribution in [0, 0.1) is 51.4 Å². The summed E-state index contributed by atoms with van der Waals surface area (Å²) >= 11 is 0. The van der Waals surface area contributed by atoms with Gasteiger partial charge in [-0.1, -0.05) is 317 Å². The minimum atomic E-state index is -2.08. The Bertz CT molecular complexity index is 4470. The van der Waals surface area contributed by atoms with Crippen molar-refractivity contribution in [3.8, 4) is 63.3 Å². The highest BCUT2D eigenvalue weighted by molar-refractivity contribution is 5.70. The van der Waals surface area contributed by atoms with Crippen molar-refractivity contribution in [3.63, 3.8) is 0 Å². The Kier molecular flexibility index (Phi) is 37.5. The molecule has 0 aliphatic heterocycles. The third-order valence-electron chi connectivity index (χ3n) is 19.2. The highest BCUT2D eigenvalue weighted by Gasteiger charge is 2.16. The lowest BCUT2D eigenvalue weighted by atomic mass is 9.90. The van der Waals surface area contributed by atoms with E-state index in [-0.39, 0.29) is 0 Å². The first-order valence-corrected chi connectivity index (χ1v) is 39.5. The van der Waals surface area contributed by atoms with Crippen LogP contribution >= 0.6 is 0 Å². The zero-order valence-corrected chi connectivity index (χ0v) is 72.5. The van der Waals surface area contributed by atoms with Gasteiger partial charge in [-0.3, -0.25) is 0 Å². The van der Waals surface area contributed by atoms with E-state index >= 15 is 0 Å². The van der Waals surface area contributed by atoms with Gasteiger partial charge in [0.25, 0.3) is 0 Å². The Balaban J connectivity index is 0.000000276. The van der Waals surface area contributed by atoms with E-state index in [1.54, 1.807) is 27.3 Å². The van der Waals surface area contributed by atoms with E-state index < -0.39 is 6.98 Å². The monoisotopic (exact) mass is 1490 g/mol. The molecule has 0 spiro atoms. The number of rotatable bonds is 16. The van der Waals surface area contributed by atoms with Crippen LogP contribution in [0.15, 0.2) is 249 Å². The lowest BCUT2D eigenvalue weighted by molar-refractivity contribution is 0.407. The minimum absolute atomic E-state index is 0.325. The Morgan fingerprint density at radius 1 is 0.306 bits per heavy atom. The summed E-state index contributed by atoms with van der Waals surface area (Å²) in [6, 6.07) is 87.7. The van der Waals surface area contributed by atoms with Gasteiger partial charge in [0, 0.05) is 74.5 Å². The van der Waals surface area contributed by atoms with Crippen molar-refractivity contribution in [1.29, 1.82) is 5.26 Å². The molecule has 111 heavy (non-hydrogen) atoms. The van der Waals surface area contributed by atoms with Gasteiger partial charge in [-0.25, -0.2) is 0 Å². The number of hydrogen-bond donors (Lipinski definition) is 0. The summed E-state index contributed by atoms with van der Waals surface area (Å²) in [5, 5.41) is 8.75. The average Bonchev–Trinajstić information content (AvgIpc) is 0.824. The predicted octanol–water partition coefficient (Wildman–Crippen LogP) is 28.8. The molecule has 0 radical (unpaired) electrons. The van der Waals surface area contributed by atoms with Crippen molar-refractivity contribution in [2.24, 2.45) is 0 Å². The molecule has 11 aromatic rings. The third-order valence-corrected chi connectivity index (χ3v) is 19.2. The zero-order chi connectivity index (χ0) is 85.1. The van der Waals surface area contributed by atoms with Gasteiger partial charge in [0.1, 0.15) is 11.5 Å². The SMILES string of the molecule is C#Cc1cc(C#N)cc(C(C)C)c1.CC(C)c1c(N(C)C)cccc1N(C)C.CC(C)c1ccc(-c2ccccc2)cc1.COc1ccccc1C(C)C.COc1ccccc1C(C)C.Cc1cc(-c2ccccc2)cc(C)c1C(C)C.Cc1cc(-c2ccccc2)cc(C)c1C(C)C.[2H]C([2H])([2H])N(C)c1ccccc1C(C)C. The Morgan fingerprint density at radius 3 is 0.928 bits per heavy atom. The molecule has 0 fully saturated rings. The van der Waals surface area contributed by atoms with Crippen LogP contribution in [0.3, 0.4) is 0 Å². The van der Waals surface area contributed by atoms with Crippen LogP contribution < -0.4 is 24.2 Å². The van der Waals surface area contributed by atoms with E-state index in [0.29, 0.717) is 52.9 Å². The second-order valence-electron chi connectivity index (χ2n) is 31.2. The van der Waals surface area contributed by atoms with E-state index in [4.69, 9.17) is 25.3 Å². The number of methoxy groups -OCH3 is 2. The van der Waals surface area contributed by atoms with Crippen LogP contribution in [0.4, 0.5) is 17.1 Å². The molecule has 0 unspecified atom stereocenters. The summed E-state index contributed by atoms with van der Waals surface area (Å²) in [5.74, 6) is 8.66. The first-order chi connectivity index (χ1) is 53.9. The highest BCUT2D eigenvalue weighted by Crippen LogP contribution is 2.36. The second-order valence-corrected chi connectivity index (χ2v) is 31.2. The second kappa shape index (κ2) is 47.5. The molecule has 0 atom stereocenters. The zero-order valence-electron chi connectivity index (χ0n) is 75.5. The molecule has 11 rings (SSSR count). The van der Waals surface area contributed by atoms with Crippen molar-refractivity contribution < 1.29 is 13.6 Å². The summed E-state index contributed by atoms with van der Waals surface area (Å²) in [6.45, 7) is 41.7. The van der Waals surface area contributed by atoms with Gasteiger partial charge < -0.3 is 24.2 Å². The van der Waals surface area contributed by atoms with Gasteiger partial charge in [0.15, 0.2) is 0 Å². The fourth-order valence-electron chi connectivity index (χ4n) is 13.7. The van der Waals surface area contributed by atoms with E-state index in [2.05, 4.69) is 352 Å². The minimum Gasteiger partial charge on any atom is -0.496 e. The number of nitrogens with zero attached hydrogens (tertiary/aromatic N) is 4. The van der Waals surface area contributed by atoms with Crippen molar-refractivity contribution in [3.05, 3.63) is 327 Å². The summed E-state index contributed by atoms with van der Waals surface area (Å²) in [7, 11) is 13.4. The van der Waals surface area contributed by atoms with Crippen molar-refractivity contribution in [1.82, 2.24) is 0 Å². The van der Waals surface area contributed by atoms with E-state index in [1.165, 1.54) is 105 Å². The first-order valence-electron chi connectivity index (χ1n) is 41.0. The topological polar surface area (TPSA) is 52.0 Å². The fourth-order valence-corrected chi connectivity index (χ4v) is 13.7. The Labute approximate surface area is 678 Å². The van der Waals surface area contributed by atoms with Crippen LogP contribution in [0.2, 0.25) is 0 Å². The van der Waals surface area contributed by atoms with Crippen LogP contribution in [0.5, 0.6) is 11.5 Å². The molecule has 0 aromatic heterocycles. The maximum absolute atomic E-state index is 8.75.